The summed E-state index contributed by atoms with van der Waals surface area (Å²) in [7, 11) is 0. The molecule has 138 valence electrons. The Balaban J connectivity index is 1.85. The molecule has 0 aliphatic rings. The highest BCUT2D eigenvalue weighted by molar-refractivity contribution is 6.31. The molecule has 8 heteroatoms. The Morgan fingerprint density at radius 3 is 2.54 bits per heavy atom. The second kappa shape index (κ2) is 8.64. The Kier molecular flexibility index (Phi) is 6.54. The molecule has 0 unspecified atom stereocenters. The summed E-state index contributed by atoms with van der Waals surface area (Å²) in [6, 6.07) is 8.71. The number of carbonyl (C=O) groups is 2. The van der Waals surface area contributed by atoms with Gasteiger partial charge >= 0.3 is 6.03 Å². The molecule has 6 nitrogen and oxygen atoms in total. The van der Waals surface area contributed by atoms with Crippen molar-refractivity contribution in [1.82, 2.24) is 10.3 Å². The number of hydrazine groups is 1. The number of carbonyl (C=O) groups excluding carboxylic acids is 2. The van der Waals surface area contributed by atoms with E-state index < -0.39 is 17.8 Å². The molecule has 0 saturated carbocycles. The second-order valence-electron chi connectivity index (χ2n) is 5.88. The van der Waals surface area contributed by atoms with Crippen LogP contribution < -0.4 is 16.5 Å². The Hall–Kier alpha value is -2.64. The van der Waals surface area contributed by atoms with E-state index in [4.69, 9.17) is 17.4 Å². The molecule has 0 spiro atoms. The lowest BCUT2D eigenvalue weighted by molar-refractivity contribution is -0.121. The Bertz CT molecular complexity index is 829. The predicted octanol–water partition coefficient (Wildman–Crippen LogP) is 3.12. The van der Waals surface area contributed by atoms with E-state index in [9.17, 15) is 14.0 Å². The van der Waals surface area contributed by atoms with Crippen LogP contribution >= 0.6 is 11.6 Å². The molecule has 4 N–H and O–H groups in total. The third-order valence-corrected chi connectivity index (χ3v) is 4.14. The summed E-state index contributed by atoms with van der Waals surface area (Å²) in [6.45, 7) is 3.50. The van der Waals surface area contributed by atoms with Gasteiger partial charge in [0.25, 0.3) is 0 Å². The SMILES string of the molecule is Cc1cc(CNC(=O)CN(N)C(=O)Nc2ccc(F)cc2C)ccc1Cl. The third kappa shape index (κ3) is 5.44. The molecule has 2 aromatic rings. The Labute approximate surface area is 156 Å². The first kappa shape index (κ1) is 19.7. The van der Waals surface area contributed by atoms with Gasteiger partial charge in [-0.15, -0.1) is 0 Å². The molecule has 0 bridgehead atoms. The molecule has 0 heterocycles. The topological polar surface area (TPSA) is 87.5 Å². The van der Waals surface area contributed by atoms with Gasteiger partial charge in [-0.05, 0) is 54.8 Å². The number of urea groups is 1. The van der Waals surface area contributed by atoms with Gasteiger partial charge in [0.05, 0.1) is 0 Å². The quantitative estimate of drug-likeness (QED) is 0.424. The number of aryl methyl sites for hydroxylation is 2. The van der Waals surface area contributed by atoms with Crippen LogP contribution in [0.3, 0.4) is 0 Å². The van der Waals surface area contributed by atoms with Crippen LogP contribution in [0.4, 0.5) is 14.9 Å². The van der Waals surface area contributed by atoms with Gasteiger partial charge in [-0.25, -0.2) is 15.0 Å². The van der Waals surface area contributed by atoms with E-state index in [0.717, 1.165) is 16.1 Å². The van der Waals surface area contributed by atoms with E-state index >= 15 is 0 Å². The zero-order valence-electron chi connectivity index (χ0n) is 14.5. The first-order chi connectivity index (χ1) is 12.3. The van der Waals surface area contributed by atoms with E-state index in [1.54, 1.807) is 19.1 Å². The first-order valence-corrected chi connectivity index (χ1v) is 8.25. The number of hydrogen-bond acceptors (Lipinski definition) is 3. The second-order valence-corrected chi connectivity index (χ2v) is 6.28. The minimum absolute atomic E-state index is 0.295. The van der Waals surface area contributed by atoms with Crippen LogP contribution in [0.1, 0.15) is 16.7 Å². The minimum Gasteiger partial charge on any atom is -0.350 e. The summed E-state index contributed by atoms with van der Waals surface area (Å²) in [5.74, 6) is 4.82. The summed E-state index contributed by atoms with van der Waals surface area (Å²) >= 11 is 5.96. The van der Waals surface area contributed by atoms with E-state index in [0.29, 0.717) is 22.8 Å². The lowest BCUT2D eigenvalue weighted by Gasteiger charge is -2.18. The number of nitrogens with one attached hydrogen (secondary N) is 2. The molecule has 0 aliphatic carbocycles. The van der Waals surface area contributed by atoms with Crippen molar-refractivity contribution in [2.45, 2.75) is 20.4 Å². The fourth-order valence-corrected chi connectivity index (χ4v) is 2.37. The van der Waals surface area contributed by atoms with E-state index in [-0.39, 0.29) is 6.54 Å². The van der Waals surface area contributed by atoms with Gasteiger partial charge in [0.15, 0.2) is 0 Å². The maximum Gasteiger partial charge on any atom is 0.336 e. The molecule has 0 saturated heterocycles. The fraction of sp³-hybridized carbons (Fsp3) is 0.222. The number of halogens is 2. The Morgan fingerprint density at radius 1 is 1.15 bits per heavy atom. The van der Waals surface area contributed by atoms with Crippen LogP contribution in [-0.2, 0) is 11.3 Å². The average molecular weight is 379 g/mol. The molecule has 0 aromatic heterocycles. The van der Waals surface area contributed by atoms with Crippen LogP contribution in [0.2, 0.25) is 5.02 Å². The van der Waals surface area contributed by atoms with Crippen LogP contribution in [0.15, 0.2) is 36.4 Å². The molecular weight excluding hydrogens is 359 g/mol. The highest BCUT2D eigenvalue weighted by atomic mass is 35.5. The zero-order chi connectivity index (χ0) is 19.3. The third-order valence-electron chi connectivity index (χ3n) is 3.72. The summed E-state index contributed by atoms with van der Waals surface area (Å²) in [4.78, 5) is 24.0. The van der Waals surface area contributed by atoms with Crippen molar-refractivity contribution < 1.29 is 14.0 Å². The summed E-state index contributed by atoms with van der Waals surface area (Å²) in [6.07, 6.45) is 0. The monoisotopic (exact) mass is 378 g/mol. The predicted molar refractivity (Wildman–Crippen MR) is 99.1 cm³/mol. The van der Waals surface area contributed by atoms with Crippen LogP contribution in [0, 0.1) is 19.7 Å². The standard InChI is InChI=1S/C18H20ClFN4O2/c1-11-7-13(3-5-15(11)19)9-22-17(25)10-24(21)18(26)23-16-6-4-14(20)8-12(16)2/h3-8H,9-10,21H2,1-2H3,(H,22,25)(H,23,26). The molecule has 0 aliphatic heterocycles. The van der Waals surface area contributed by atoms with Crippen LogP contribution in [0.25, 0.3) is 0 Å². The van der Waals surface area contributed by atoms with Crippen molar-refractivity contribution in [3.05, 3.63) is 63.9 Å². The smallest absolute Gasteiger partial charge is 0.336 e. The zero-order valence-corrected chi connectivity index (χ0v) is 15.2. The van der Waals surface area contributed by atoms with Gasteiger partial charge < -0.3 is 10.6 Å². The van der Waals surface area contributed by atoms with Crippen molar-refractivity contribution in [3.63, 3.8) is 0 Å². The summed E-state index contributed by atoms with van der Waals surface area (Å²) < 4.78 is 13.1. The Morgan fingerprint density at radius 2 is 1.88 bits per heavy atom. The van der Waals surface area contributed by atoms with Crippen molar-refractivity contribution in [2.24, 2.45) is 5.84 Å². The van der Waals surface area contributed by atoms with Crippen molar-refractivity contribution in [3.8, 4) is 0 Å². The number of hydrogen-bond donors (Lipinski definition) is 3. The van der Waals surface area contributed by atoms with Gasteiger partial charge in [-0.2, -0.15) is 0 Å². The van der Waals surface area contributed by atoms with Crippen LogP contribution in [0.5, 0.6) is 0 Å². The van der Waals surface area contributed by atoms with Gasteiger partial charge in [0.1, 0.15) is 12.4 Å². The number of nitrogens with two attached hydrogens (primary N) is 1. The molecule has 0 radical (unpaired) electrons. The number of benzene rings is 2. The highest BCUT2D eigenvalue weighted by Crippen LogP contribution is 2.17. The van der Waals surface area contributed by atoms with Crippen molar-refractivity contribution in [1.29, 1.82) is 0 Å². The van der Waals surface area contributed by atoms with E-state index in [1.165, 1.54) is 18.2 Å². The first-order valence-electron chi connectivity index (χ1n) is 7.87. The molecule has 0 atom stereocenters. The van der Waals surface area contributed by atoms with E-state index in [2.05, 4.69) is 10.6 Å². The molecule has 2 rings (SSSR count). The summed E-state index contributed by atoms with van der Waals surface area (Å²) in [5.41, 5.74) is 2.77. The largest absolute Gasteiger partial charge is 0.350 e. The van der Waals surface area contributed by atoms with Gasteiger partial charge in [0.2, 0.25) is 5.91 Å². The maximum atomic E-state index is 13.1. The number of nitrogens with zero attached hydrogens (tertiary/aromatic N) is 1. The molecule has 2 aromatic carbocycles. The number of rotatable bonds is 5. The number of amides is 3. The lowest BCUT2D eigenvalue weighted by Crippen LogP contribution is -2.46. The summed E-state index contributed by atoms with van der Waals surface area (Å²) in [5, 5.41) is 6.62. The van der Waals surface area contributed by atoms with E-state index in [1.807, 2.05) is 13.0 Å². The van der Waals surface area contributed by atoms with Gasteiger partial charge in [-0.1, -0.05) is 23.7 Å². The van der Waals surface area contributed by atoms with Crippen LogP contribution in [-0.4, -0.2) is 23.5 Å². The molecular formula is C18H20ClFN4O2. The normalized spacial score (nSPS) is 10.3. The average Bonchev–Trinajstić information content (AvgIpc) is 2.58. The maximum absolute atomic E-state index is 13.1. The van der Waals surface area contributed by atoms with Crippen molar-refractivity contribution >= 4 is 29.2 Å². The van der Waals surface area contributed by atoms with Gasteiger partial charge in [-0.3, -0.25) is 9.80 Å². The lowest BCUT2D eigenvalue weighted by atomic mass is 10.1. The van der Waals surface area contributed by atoms with Gasteiger partial charge in [0, 0.05) is 17.3 Å². The fourth-order valence-electron chi connectivity index (χ4n) is 2.25. The molecule has 3 amide bonds. The minimum atomic E-state index is -0.669. The number of anilines is 1. The highest BCUT2D eigenvalue weighted by Gasteiger charge is 2.15. The molecule has 0 fully saturated rings. The molecule has 26 heavy (non-hydrogen) atoms. The van der Waals surface area contributed by atoms with Crippen molar-refractivity contribution in [2.75, 3.05) is 11.9 Å².